The Bertz CT molecular complexity index is 159. The average molecular weight is 167 g/mol. The van der Waals surface area contributed by atoms with Crippen LogP contribution in [0.4, 0.5) is 0 Å². The molecule has 1 rings (SSSR count). The van der Waals surface area contributed by atoms with Gasteiger partial charge in [-0.3, -0.25) is 4.90 Å². The van der Waals surface area contributed by atoms with Crippen LogP contribution in [-0.2, 0) is 4.74 Å². The van der Waals surface area contributed by atoms with Crippen molar-refractivity contribution >= 4 is 0 Å². The van der Waals surface area contributed by atoms with Gasteiger partial charge in [-0.05, 0) is 32.0 Å². The van der Waals surface area contributed by atoms with Crippen molar-refractivity contribution in [3.05, 3.63) is 25.0 Å². The molecule has 1 aliphatic heterocycles. The molecule has 0 bridgehead atoms. The van der Waals surface area contributed by atoms with E-state index in [1.165, 1.54) is 25.9 Å². The Morgan fingerprint density at radius 3 is 2.67 bits per heavy atom. The van der Waals surface area contributed by atoms with Gasteiger partial charge >= 0.3 is 0 Å². The van der Waals surface area contributed by atoms with E-state index in [2.05, 4.69) is 18.1 Å². The van der Waals surface area contributed by atoms with E-state index in [9.17, 15) is 0 Å². The van der Waals surface area contributed by atoms with Gasteiger partial charge in [0.25, 0.3) is 0 Å². The minimum atomic E-state index is 0.675. The molecule has 0 unspecified atom stereocenters. The smallest absolute Gasteiger partial charge is 0.111 e. The van der Waals surface area contributed by atoms with Gasteiger partial charge in [0, 0.05) is 6.54 Å². The van der Waals surface area contributed by atoms with Gasteiger partial charge in [0.2, 0.25) is 0 Å². The first kappa shape index (κ1) is 9.33. The van der Waals surface area contributed by atoms with Gasteiger partial charge < -0.3 is 4.74 Å². The molecule has 0 aromatic rings. The van der Waals surface area contributed by atoms with Crippen LogP contribution < -0.4 is 0 Å². The summed E-state index contributed by atoms with van der Waals surface area (Å²) in [5.41, 5.74) is 0. The molecular weight excluding hydrogens is 150 g/mol. The predicted octanol–water partition coefficient (Wildman–Crippen LogP) is 1.80. The molecule has 1 saturated heterocycles. The lowest BCUT2D eigenvalue weighted by molar-refractivity contribution is 0.181. The fourth-order valence-electron chi connectivity index (χ4n) is 1.37. The molecule has 1 aliphatic rings. The molecule has 0 radical (unpaired) electrons. The zero-order valence-electron chi connectivity index (χ0n) is 7.59. The van der Waals surface area contributed by atoms with Crippen LogP contribution in [0.1, 0.15) is 12.8 Å². The Balaban J connectivity index is 2.01. The van der Waals surface area contributed by atoms with E-state index in [1.54, 1.807) is 6.08 Å². The topological polar surface area (TPSA) is 12.5 Å². The Morgan fingerprint density at radius 2 is 2.08 bits per heavy atom. The van der Waals surface area contributed by atoms with Crippen molar-refractivity contribution in [3.8, 4) is 0 Å². The predicted molar refractivity (Wildman–Crippen MR) is 51.0 cm³/mol. The summed E-state index contributed by atoms with van der Waals surface area (Å²) in [7, 11) is 0. The third-order valence-electron chi connectivity index (χ3n) is 2.12. The van der Waals surface area contributed by atoms with Gasteiger partial charge in [0.15, 0.2) is 0 Å². The molecule has 0 N–H and O–H groups in total. The van der Waals surface area contributed by atoms with Crippen molar-refractivity contribution in [1.29, 1.82) is 0 Å². The van der Waals surface area contributed by atoms with Gasteiger partial charge in [-0.15, -0.1) is 0 Å². The number of ether oxygens (including phenoxy) is 1. The zero-order valence-corrected chi connectivity index (χ0v) is 7.59. The highest BCUT2D eigenvalue weighted by Crippen LogP contribution is 2.06. The summed E-state index contributed by atoms with van der Waals surface area (Å²) >= 11 is 0. The third-order valence-corrected chi connectivity index (χ3v) is 2.12. The second-order valence-electron chi connectivity index (χ2n) is 3.07. The van der Waals surface area contributed by atoms with Crippen LogP contribution in [0.25, 0.3) is 0 Å². The zero-order chi connectivity index (χ0) is 8.81. The quantitative estimate of drug-likeness (QED) is 0.457. The van der Waals surface area contributed by atoms with Gasteiger partial charge in [-0.25, -0.2) is 0 Å². The van der Waals surface area contributed by atoms with Crippen LogP contribution >= 0.6 is 0 Å². The van der Waals surface area contributed by atoms with Gasteiger partial charge in [-0.1, -0.05) is 13.2 Å². The highest BCUT2D eigenvalue weighted by atomic mass is 16.5. The van der Waals surface area contributed by atoms with Crippen LogP contribution in [0.5, 0.6) is 0 Å². The molecule has 2 heteroatoms. The van der Waals surface area contributed by atoms with E-state index in [-0.39, 0.29) is 0 Å². The maximum atomic E-state index is 5.30. The molecule has 2 nitrogen and oxygen atoms in total. The minimum Gasteiger partial charge on any atom is -0.493 e. The number of hydrogen-bond donors (Lipinski definition) is 0. The van der Waals surface area contributed by atoms with E-state index >= 15 is 0 Å². The first-order valence-electron chi connectivity index (χ1n) is 4.49. The van der Waals surface area contributed by atoms with Crippen molar-refractivity contribution in [2.45, 2.75) is 12.8 Å². The molecule has 1 heterocycles. The fraction of sp³-hybridized carbons (Fsp3) is 0.600. The lowest BCUT2D eigenvalue weighted by atomic mass is 10.4. The Labute approximate surface area is 74.5 Å². The van der Waals surface area contributed by atoms with E-state index in [0.717, 1.165) is 13.2 Å². The van der Waals surface area contributed by atoms with Crippen molar-refractivity contribution in [3.63, 3.8) is 0 Å². The standard InChI is InChI=1S/C10H17NO/c1-3-10(2)12-9-8-11-6-4-5-7-11/h3H,1-2,4-9H2. The minimum absolute atomic E-state index is 0.675. The Kier molecular flexibility index (Phi) is 3.88. The molecule has 1 fully saturated rings. The molecule has 0 aromatic heterocycles. The first-order valence-corrected chi connectivity index (χ1v) is 4.49. The van der Waals surface area contributed by atoms with E-state index in [4.69, 9.17) is 4.74 Å². The normalized spacial score (nSPS) is 17.7. The maximum Gasteiger partial charge on any atom is 0.111 e. The van der Waals surface area contributed by atoms with Crippen molar-refractivity contribution in [1.82, 2.24) is 4.90 Å². The second kappa shape index (κ2) is 4.99. The molecule has 0 amide bonds. The average Bonchev–Trinajstić information content (AvgIpc) is 2.57. The van der Waals surface area contributed by atoms with Crippen molar-refractivity contribution in [2.75, 3.05) is 26.2 Å². The summed E-state index contributed by atoms with van der Waals surface area (Å²) in [5.74, 6) is 0.675. The van der Waals surface area contributed by atoms with Crippen LogP contribution in [0.15, 0.2) is 25.0 Å². The maximum absolute atomic E-state index is 5.30. The summed E-state index contributed by atoms with van der Waals surface area (Å²) in [4.78, 5) is 2.41. The second-order valence-corrected chi connectivity index (χ2v) is 3.07. The van der Waals surface area contributed by atoms with E-state index in [1.807, 2.05) is 0 Å². The summed E-state index contributed by atoms with van der Waals surface area (Å²) in [5, 5.41) is 0. The number of rotatable bonds is 5. The monoisotopic (exact) mass is 167 g/mol. The molecule has 12 heavy (non-hydrogen) atoms. The first-order chi connectivity index (χ1) is 5.83. The SMILES string of the molecule is C=CC(=C)OCCN1CCCC1. The van der Waals surface area contributed by atoms with Gasteiger partial charge in [-0.2, -0.15) is 0 Å². The molecule has 0 spiro atoms. The van der Waals surface area contributed by atoms with Crippen LogP contribution in [0.3, 0.4) is 0 Å². The van der Waals surface area contributed by atoms with Gasteiger partial charge in [0.1, 0.15) is 12.4 Å². The number of hydrogen-bond acceptors (Lipinski definition) is 2. The molecular formula is C10H17NO. The highest BCUT2D eigenvalue weighted by molar-refractivity contribution is 5.01. The summed E-state index contributed by atoms with van der Waals surface area (Å²) < 4.78 is 5.30. The summed E-state index contributed by atoms with van der Waals surface area (Å²) in [6.07, 6.45) is 4.31. The fourth-order valence-corrected chi connectivity index (χ4v) is 1.37. The lowest BCUT2D eigenvalue weighted by Crippen LogP contribution is -2.23. The summed E-state index contributed by atoms with van der Waals surface area (Å²) in [6.45, 7) is 11.5. The van der Waals surface area contributed by atoms with Crippen LogP contribution in [-0.4, -0.2) is 31.1 Å². The molecule has 0 saturated carbocycles. The largest absolute Gasteiger partial charge is 0.493 e. The van der Waals surface area contributed by atoms with Crippen molar-refractivity contribution < 1.29 is 4.74 Å². The van der Waals surface area contributed by atoms with Crippen molar-refractivity contribution in [2.24, 2.45) is 0 Å². The lowest BCUT2D eigenvalue weighted by Gasteiger charge is -2.14. The highest BCUT2D eigenvalue weighted by Gasteiger charge is 2.10. The third kappa shape index (κ3) is 3.09. The molecule has 68 valence electrons. The Hall–Kier alpha value is -0.760. The summed E-state index contributed by atoms with van der Waals surface area (Å²) in [6, 6.07) is 0. The molecule has 0 atom stereocenters. The molecule has 0 aromatic carbocycles. The molecule has 0 aliphatic carbocycles. The van der Waals surface area contributed by atoms with Crippen LogP contribution in [0.2, 0.25) is 0 Å². The van der Waals surface area contributed by atoms with E-state index in [0.29, 0.717) is 5.76 Å². The Morgan fingerprint density at radius 1 is 1.42 bits per heavy atom. The number of likely N-dealkylation sites (tertiary alicyclic amines) is 1. The van der Waals surface area contributed by atoms with Crippen LogP contribution in [0, 0.1) is 0 Å². The van der Waals surface area contributed by atoms with Gasteiger partial charge in [0.05, 0.1) is 0 Å². The number of allylic oxidation sites excluding steroid dienone is 1. The number of nitrogens with zero attached hydrogens (tertiary/aromatic N) is 1. The van der Waals surface area contributed by atoms with E-state index < -0.39 is 0 Å².